The number of nitrogens with one attached hydrogen (secondary N) is 1. The van der Waals surface area contributed by atoms with Gasteiger partial charge in [-0.25, -0.2) is 4.79 Å². The molecule has 122 valence electrons. The quantitative estimate of drug-likeness (QED) is 0.814. The van der Waals surface area contributed by atoms with E-state index < -0.39 is 0 Å². The number of aliphatic hydroxyl groups is 1. The molecule has 1 fully saturated rings. The molecule has 0 saturated carbocycles. The highest BCUT2D eigenvalue weighted by Crippen LogP contribution is 2.33. The van der Waals surface area contributed by atoms with Gasteiger partial charge in [-0.3, -0.25) is 0 Å². The minimum Gasteiger partial charge on any atom is -0.393 e. The molecule has 1 aliphatic heterocycles. The number of rotatable bonds is 3. The Morgan fingerprint density at radius 3 is 2.86 bits per heavy atom. The zero-order valence-electron chi connectivity index (χ0n) is 13.2. The van der Waals surface area contributed by atoms with E-state index in [4.69, 9.17) is 11.6 Å². The molecular weight excluding hydrogens is 320 g/mol. The number of likely N-dealkylation sites (tertiary alicyclic amines) is 1. The molecule has 2 rings (SSSR count). The van der Waals surface area contributed by atoms with Crippen LogP contribution in [0.25, 0.3) is 0 Å². The summed E-state index contributed by atoms with van der Waals surface area (Å²) in [5, 5.41) is 13.8. The second-order valence-electron chi connectivity index (χ2n) is 6.02. The van der Waals surface area contributed by atoms with E-state index >= 15 is 0 Å². The van der Waals surface area contributed by atoms with Gasteiger partial charge < -0.3 is 15.3 Å². The third kappa shape index (κ3) is 4.54. The van der Waals surface area contributed by atoms with Crippen molar-refractivity contribution in [2.75, 3.05) is 18.4 Å². The lowest BCUT2D eigenvalue weighted by molar-refractivity contribution is 0.0506. The number of amides is 2. The van der Waals surface area contributed by atoms with Crippen molar-refractivity contribution in [1.82, 2.24) is 4.90 Å². The van der Waals surface area contributed by atoms with Gasteiger partial charge in [0.15, 0.2) is 0 Å². The number of benzene rings is 1. The maximum atomic E-state index is 12.4. The molecule has 0 aliphatic carbocycles. The number of thioether (sulfide) groups is 1. The minimum absolute atomic E-state index is 0.100. The number of anilines is 1. The predicted octanol–water partition coefficient (Wildman–Crippen LogP) is 4.08. The highest BCUT2D eigenvalue weighted by atomic mass is 35.5. The fraction of sp³-hybridized carbons (Fsp3) is 0.562. The molecule has 4 nitrogen and oxygen atoms in total. The lowest BCUT2D eigenvalue weighted by Gasteiger charge is -2.34. The fourth-order valence-electron chi connectivity index (χ4n) is 2.47. The van der Waals surface area contributed by atoms with Gasteiger partial charge in [-0.15, -0.1) is 11.8 Å². The molecule has 6 heteroatoms. The summed E-state index contributed by atoms with van der Waals surface area (Å²) in [4.78, 5) is 15.2. The molecule has 1 aromatic carbocycles. The fourth-order valence-corrected chi connectivity index (χ4v) is 3.53. The number of piperidine rings is 1. The van der Waals surface area contributed by atoms with E-state index in [-0.39, 0.29) is 18.1 Å². The number of hydrogen-bond donors (Lipinski definition) is 2. The third-order valence-electron chi connectivity index (χ3n) is 3.69. The van der Waals surface area contributed by atoms with Gasteiger partial charge in [-0.2, -0.15) is 0 Å². The van der Waals surface area contributed by atoms with Crippen molar-refractivity contribution < 1.29 is 9.90 Å². The van der Waals surface area contributed by atoms with Crippen molar-refractivity contribution in [3.8, 4) is 0 Å². The van der Waals surface area contributed by atoms with Crippen molar-refractivity contribution >= 4 is 35.1 Å². The van der Waals surface area contributed by atoms with Gasteiger partial charge >= 0.3 is 6.03 Å². The first-order valence-corrected chi connectivity index (χ1v) is 8.82. The van der Waals surface area contributed by atoms with E-state index in [9.17, 15) is 9.90 Å². The molecule has 1 saturated heterocycles. The largest absolute Gasteiger partial charge is 0.393 e. The molecule has 1 aromatic rings. The molecule has 0 aromatic heterocycles. The van der Waals surface area contributed by atoms with E-state index in [1.165, 1.54) is 0 Å². The van der Waals surface area contributed by atoms with Crippen LogP contribution in [-0.4, -0.2) is 40.5 Å². The highest BCUT2D eigenvalue weighted by molar-refractivity contribution is 8.00. The van der Waals surface area contributed by atoms with E-state index in [2.05, 4.69) is 19.2 Å². The summed E-state index contributed by atoms with van der Waals surface area (Å²) < 4.78 is 0. The maximum Gasteiger partial charge on any atom is 0.321 e. The first-order valence-electron chi connectivity index (χ1n) is 7.57. The van der Waals surface area contributed by atoms with Crippen molar-refractivity contribution in [3.63, 3.8) is 0 Å². The molecule has 1 heterocycles. The van der Waals surface area contributed by atoms with Gasteiger partial charge in [0.1, 0.15) is 0 Å². The Morgan fingerprint density at radius 1 is 1.50 bits per heavy atom. The maximum absolute atomic E-state index is 12.4. The number of halogens is 1. The molecule has 0 unspecified atom stereocenters. The van der Waals surface area contributed by atoms with Crippen molar-refractivity contribution in [1.29, 1.82) is 0 Å². The molecule has 0 spiro atoms. The van der Waals surface area contributed by atoms with E-state index in [0.717, 1.165) is 10.6 Å². The van der Waals surface area contributed by atoms with Crippen LogP contribution in [0.1, 0.15) is 27.2 Å². The van der Waals surface area contributed by atoms with Crippen LogP contribution in [0, 0.1) is 5.92 Å². The number of nitrogens with zero attached hydrogens (tertiary/aromatic N) is 1. The topological polar surface area (TPSA) is 52.6 Å². The summed E-state index contributed by atoms with van der Waals surface area (Å²) >= 11 is 7.75. The van der Waals surface area contributed by atoms with E-state index in [1.807, 2.05) is 19.1 Å². The zero-order valence-corrected chi connectivity index (χ0v) is 14.7. The van der Waals surface area contributed by atoms with Crippen LogP contribution in [0.2, 0.25) is 5.02 Å². The average Bonchev–Trinajstić information content (AvgIpc) is 2.44. The van der Waals surface area contributed by atoms with Crippen LogP contribution >= 0.6 is 23.4 Å². The summed E-state index contributed by atoms with van der Waals surface area (Å²) in [6, 6.07) is 5.42. The number of carbonyl (C=O) groups excluding carboxylic acids is 1. The second-order valence-corrected chi connectivity index (χ2v) is 8.07. The number of hydrogen-bond acceptors (Lipinski definition) is 3. The standard InChI is InChI=1S/C16H23ClN2O2S/c1-10(2)22-15-5-4-12(17)8-13(15)18-16(21)19-7-6-14(20)11(3)9-19/h4-5,8,10-11,14,20H,6-7,9H2,1-3H3,(H,18,21)/t11-,14+/m0/s1. The van der Waals surface area contributed by atoms with Gasteiger partial charge in [0, 0.05) is 28.3 Å². The van der Waals surface area contributed by atoms with Crippen LogP contribution in [-0.2, 0) is 0 Å². The summed E-state index contributed by atoms with van der Waals surface area (Å²) in [5.41, 5.74) is 0.745. The molecule has 2 N–H and O–H groups in total. The molecule has 2 atom stereocenters. The predicted molar refractivity (Wildman–Crippen MR) is 92.8 cm³/mol. The lowest BCUT2D eigenvalue weighted by atomic mass is 9.97. The minimum atomic E-state index is -0.317. The van der Waals surface area contributed by atoms with E-state index in [1.54, 1.807) is 22.7 Å². The summed E-state index contributed by atoms with van der Waals surface area (Å²) in [5.74, 6) is 0.100. The number of aliphatic hydroxyl groups excluding tert-OH is 1. The summed E-state index contributed by atoms with van der Waals surface area (Å²) in [6.07, 6.45) is 0.305. The Hall–Kier alpha value is -0.910. The van der Waals surface area contributed by atoms with Gasteiger partial charge in [-0.1, -0.05) is 32.4 Å². The van der Waals surface area contributed by atoms with Gasteiger partial charge in [0.05, 0.1) is 11.8 Å². The normalized spacial score (nSPS) is 22.0. The molecule has 0 radical (unpaired) electrons. The smallest absolute Gasteiger partial charge is 0.321 e. The lowest BCUT2D eigenvalue weighted by Crippen LogP contribution is -2.46. The van der Waals surface area contributed by atoms with Crippen molar-refractivity contribution in [2.24, 2.45) is 5.92 Å². The molecule has 2 amide bonds. The average molecular weight is 343 g/mol. The summed E-state index contributed by atoms with van der Waals surface area (Å²) in [7, 11) is 0. The van der Waals surface area contributed by atoms with Crippen LogP contribution < -0.4 is 5.32 Å². The van der Waals surface area contributed by atoms with Crippen molar-refractivity contribution in [2.45, 2.75) is 43.4 Å². The molecule has 0 bridgehead atoms. The Labute approximate surface area is 141 Å². The first-order chi connectivity index (χ1) is 10.4. The second kappa shape index (κ2) is 7.57. The van der Waals surface area contributed by atoms with Crippen molar-refractivity contribution in [3.05, 3.63) is 23.2 Å². The first kappa shape index (κ1) is 17.4. The molecule has 22 heavy (non-hydrogen) atoms. The van der Waals surface area contributed by atoms with Gasteiger partial charge in [-0.05, 0) is 30.5 Å². The highest BCUT2D eigenvalue weighted by Gasteiger charge is 2.27. The number of urea groups is 1. The SMILES string of the molecule is CC(C)Sc1ccc(Cl)cc1NC(=O)N1CC[C@@H](O)[C@@H](C)C1. The molecule has 1 aliphatic rings. The zero-order chi connectivity index (χ0) is 16.3. The van der Waals surface area contributed by atoms with Crippen LogP contribution in [0.4, 0.5) is 10.5 Å². The monoisotopic (exact) mass is 342 g/mol. The van der Waals surface area contributed by atoms with Crippen LogP contribution in [0.15, 0.2) is 23.1 Å². The Bertz CT molecular complexity index is 539. The number of carbonyl (C=O) groups is 1. The van der Waals surface area contributed by atoms with Gasteiger partial charge in [0.2, 0.25) is 0 Å². The summed E-state index contributed by atoms with van der Waals surface area (Å²) in [6.45, 7) is 7.32. The van der Waals surface area contributed by atoms with Crippen LogP contribution in [0.5, 0.6) is 0 Å². The van der Waals surface area contributed by atoms with E-state index in [0.29, 0.717) is 29.8 Å². The van der Waals surface area contributed by atoms with Gasteiger partial charge in [0.25, 0.3) is 0 Å². The van der Waals surface area contributed by atoms with Crippen LogP contribution in [0.3, 0.4) is 0 Å². The Kier molecular flexibility index (Phi) is 6.01. The Morgan fingerprint density at radius 2 is 2.23 bits per heavy atom. The molecular formula is C16H23ClN2O2S. The Balaban J connectivity index is 2.09. The third-order valence-corrected chi connectivity index (χ3v) is 5.01.